The molecule has 2 fully saturated rings. The summed E-state index contributed by atoms with van der Waals surface area (Å²) in [4.78, 5) is 16.6. The van der Waals surface area contributed by atoms with Crippen molar-refractivity contribution in [1.29, 1.82) is 0 Å². The number of likely N-dealkylation sites (tertiary alicyclic amines) is 2. The molecule has 0 bridgehead atoms. The second-order valence-corrected chi connectivity index (χ2v) is 7.81. The number of hydrogen-bond donors (Lipinski definition) is 0. The highest BCUT2D eigenvalue weighted by atomic mass is 32.1. The number of hydrogen-bond acceptors (Lipinski definition) is 7. The largest absolute Gasteiger partial charge is 0.472 e. The van der Waals surface area contributed by atoms with Gasteiger partial charge in [-0.25, -0.2) is 0 Å². The quantitative estimate of drug-likeness (QED) is 0.769. The zero-order chi connectivity index (χ0) is 17.0. The molecule has 7 nitrogen and oxygen atoms in total. The third kappa shape index (κ3) is 4.04. The third-order valence-electron chi connectivity index (χ3n) is 5.04. The van der Waals surface area contributed by atoms with Gasteiger partial charge in [-0.1, -0.05) is 11.3 Å². The van der Waals surface area contributed by atoms with E-state index in [0.717, 1.165) is 37.6 Å². The zero-order valence-corrected chi connectivity index (χ0v) is 15.3. The van der Waals surface area contributed by atoms with Crippen LogP contribution in [0, 0.1) is 5.41 Å². The Balaban J connectivity index is 1.62. The Morgan fingerprint density at radius 3 is 2.88 bits per heavy atom. The number of piperidine rings is 2. The van der Waals surface area contributed by atoms with Crippen molar-refractivity contribution in [2.75, 3.05) is 47.0 Å². The Morgan fingerprint density at radius 2 is 2.12 bits per heavy atom. The molecule has 0 aliphatic carbocycles. The van der Waals surface area contributed by atoms with Crippen LogP contribution in [0.3, 0.4) is 0 Å². The number of carbonyl (C=O) groups excluding carboxylic acids is 1. The molecule has 2 saturated heterocycles. The monoisotopic (exact) mass is 354 g/mol. The SMILES string of the molecule is COCCN1CC2(CCCN(Cc3nnc(OC)s3)C2)CCC1=O. The minimum atomic E-state index is 0.217. The highest BCUT2D eigenvalue weighted by Gasteiger charge is 2.41. The molecule has 0 N–H and O–H groups in total. The summed E-state index contributed by atoms with van der Waals surface area (Å²) in [6, 6.07) is 0. The minimum Gasteiger partial charge on any atom is -0.472 e. The van der Waals surface area contributed by atoms with E-state index in [1.165, 1.54) is 24.2 Å². The van der Waals surface area contributed by atoms with Crippen LogP contribution in [0.1, 0.15) is 30.7 Å². The van der Waals surface area contributed by atoms with Crippen LogP contribution in [0.15, 0.2) is 0 Å². The first-order chi connectivity index (χ1) is 11.6. The number of rotatable bonds is 6. The average molecular weight is 354 g/mol. The van der Waals surface area contributed by atoms with Crippen LogP contribution in [-0.2, 0) is 16.1 Å². The van der Waals surface area contributed by atoms with Gasteiger partial charge in [-0.3, -0.25) is 9.69 Å². The molecule has 8 heteroatoms. The maximum atomic E-state index is 12.2. The van der Waals surface area contributed by atoms with Gasteiger partial charge in [0.05, 0.1) is 20.3 Å². The average Bonchev–Trinajstić information content (AvgIpc) is 3.04. The molecule has 1 atom stereocenters. The highest BCUT2D eigenvalue weighted by molar-refractivity contribution is 7.13. The molecule has 3 rings (SSSR count). The Morgan fingerprint density at radius 1 is 1.25 bits per heavy atom. The summed E-state index contributed by atoms with van der Waals surface area (Å²) in [7, 11) is 3.30. The van der Waals surface area contributed by atoms with Crippen LogP contribution >= 0.6 is 11.3 Å². The zero-order valence-electron chi connectivity index (χ0n) is 14.5. The van der Waals surface area contributed by atoms with Gasteiger partial charge in [-0.2, -0.15) is 0 Å². The minimum absolute atomic E-state index is 0.217. The van der Waals surface area contributed by atoms with Gasteiger partial charge in [0.15, 0.2) is 0 Å². The second kappa shape index (κ2) is 7.76. The fourth-order valence-electron chi connectivity index (χ4n) is 3.86. The molecule has 1 spiro atoms. The molecule has 1 unspecified atom stereocenters. The summed E-state index contributed by atoms with van der Waals surface area (Å²) in [5.74, 6) is 0.267. The summed E-state index contributed by atoms with van der Waals surface area (Å²) in [5.41, 5.74) is 0.217. The highest BCUT2D eigenvalue weighted by Crippen LogP contribution is 2.39. The van der Waals surface area contributed by atoms with Crippen LogP contribution in [0.4, 0.5) is 0 Å². The van der Waals surface area contributed by atoms with E-state index in [1.54, 1.807) is 14.2 Å². The standard InChI is InChI=1S/C16H26N4O3S/c1-22-9-8-20-12-16(6-4-14(20)21)5-3-7-19(11-16)10-13-17-18-15(23-2)24-13/h3-12H2,1-2H3. The van der Waals surface area contributed by atoms with Crippen LogP contribution in [0.2, 0.25) is 0 Å². The molecule has 3 heterocycles. The summed E-state index contributed by atoms with van der Waals surface area (Å²) in [6.45, 7) is 5.07. The predicted molar refractivity (Wildman–Crippen MR) is 91.1 cm³/mol. The molecule has 134 valence electrons. The van der Waals surface area contributed by atoms with E-state index in [0.29, 0.717) is 24.8 Å². The fraction of sp³-hybridized carbons (Fsp3) is 0.812. The van der Waals surface area contributed by atoms with E-state index in [9.17, 15) is 4.79 Å². The van der Waals surface area contributed by atoms with Crippen LogP contribution in [0.5, 0.6) is 5.19 Å². The molecule has 0 aromatic carbocycles. The molecule has 1 aromatic rings. The Labute approximate surface area is 146 Å². The van der Waals surface area contributed by atoms with Gasteiger partial charge in [0, 0.05) is 38.6 Å². The Kier molecular flexibility index (Phi) is 5.68. The lowest BCUT2D eigenvalue weighted by Gasteiger charge is -2.48. The van der Waals surface area contributed by atoms with Crippen molar-refractivity contribution in [2.45, 2.75) is 32.2 Å². The van der Waals surface area contributed by atoms with Gasteiger partial charge in [0.2, 0.25) is 5.91 Å². The van der Waals surface area contributed by atoms with Crippen molar-refractivity contribution < 1.29 is 14.3 Å². The van der Waals surface area contributed by atoms with E-state index in [-0.39, 0.29) is 11.3 Å². The number of methoxy groups -OCH3 is 2. The van der Waals surface area contributed by atoms with E-state index in [2.05, 4.69) is 15.1 Å². The molecule has 1 amide bonds. The lowest BCUT2D eigenvalue weighted by atomic mass is 9.73. The maximum absolute atomic E-state index is 12.2. The van der Waals surface area contributed by atoms with Gasteiger partial charge in [0.1, 0.15) is 5.01 Å². The van der Waals surface area contributed by atoms with Gasteiger partial charge < -0.3 is 14.4 Å². The smallest absolute Gasteiger partial charge is 0.293 e. The Bertz CT molecular complexity index is 567. The number of aromatic nitrogens is 2. The molecule has 24 heavy (non-hydrogen) atoms. The molecular weight excluding hydrogens is 328 g/mol. The summed E-state index contributed by atoms with van der Waals surface area (Å²) in [5, 5.41) is 9.82. The molecule has 0 radical (unpaired) electrons. The normalized spacial score (nSPS) is 25.4. The van der Waals surface area contributed by atoms with Gasteiger partial charge in [0.25, 0.3) is 5.19 Å². The fourth-order valence-corrected chi connectivity index (χ4v) is 4.56. The topological polar surface area (TPSA) is 67.8 Å². The van der Waals surface area contributed by atoms with Crippen LogP contribution < -0.4 is 4.74 Å². The third-order valence-corrected chi connectivity index (χ3v) is 5.91. The van der Waals surface area contributed by atoms with E-state index in [4.69, 9.17) is 9.47 Å². The van der Waals surface area contributed by atoms with Crippen molar-refractivity contribution in [3.05, 3.63) is 5.01 Å². The van der Waals surface area contributed by atoms with Gasteiger partial charge >= 0.3 is 0 Å². The van der Waals surface area contributed by atoms with Crippen molar-refractivity contribution in [3.63, 3.8) is 0 Å². The first-order valence-corrected chi connectivity index (χ1v) is 9.31. The first kappa shape index (κ1) is 17.6. The molecule has 2 aliphatic rings. The lowest BCUT2D eigenvalue weighted by Crippen LogP contribution is -2.54. The predicted octanol–water partition coefficient (Wildman–Crippen LogP) is 1.40. The summed E-state index contributed by atoms with van der Waals surface area (Å²) in [6.07, 6.45) is 4.01. The maximum Gasteiger partial charge on any atom is 0.293 e. The van der Waals surface area contributed by atoms with E-state index < -0.39 is 0 Å². The second-order valence-electron chi connectivity index (χ2n) is 6.79. The van der Waals surface area contributed by atoms with Crippen molar-refractivity contribution >= 4 is 17.2 Å². The number of nitrogens with zero attached hydrogens (tertiary/aromatic N) is 4. The number of ether oxygens (including phenoxy) is 2. The first-order valence-electron chi connectivity index (χ1n) is 8.49. The van der Waals surface area contributed by atoms with Gasteiger partial charge in [-0.15, -0.1) is 10.2 Å². The molecule has 0 saturated carbocycles. The van der Waals surface area contributed by atoms with Crippen molar-refractivity contribution in [1.82, 2.24) is 20.0 Å². The van der Waals surface area contributed by atoms with E-state index >= 15 is 0 Å². The Hall–Kier alpha value is -1.25. The molecule has 1 aromatic heterocycles. The lowest BCUT2D eigenvalue weighted by molar-refractivity contribution is -0.140. The number of carbonyl (C=O) groups is 1. The van der Waals surface area contributed by atoms with Crippen molar-refractivity contribution in [3.8, 4) is 5.19 Å². The molecule has 2 aliphatic heterocycles. The summed E-state index contributed by atoms with van der Waals surface area (Å²) >= 11 is 1.51. The van der Waals surface area contributed by atoms with Crippen LogP contribution in [-0.4, -0.2) is 72.9 Å². The summed E-state index contributed by atoms with van der Waals surface area (Å²) < 4.78 is 10.3. The molecular formula is C16H26N4O3S. The van der Waals surface area contributed by atoms with Gasteiger partial charge in [-0.05, 0) is 25.8 Å². The van der Waals surface area contributed by atoms with E-state index in [1.807, 2.05) is 4.90 Å². The van der Waals surface area contributed by atoms with Crippen molar-refractivity contribution in [2.24, 2.45) is 5.41 Å². The number of amides is 1. The van der Waals surface area contributed by atoms with Crippen LogP contribution in [0.25, 0.3) is 0 Å².